The lowest BCUT2D eigenvalue weighted by atomic mass is 10.0. The summed E-state index contributed by atoms with van der Waals surface area (Å²) in [6, 6.07) is 5.67. The quantitative estimate of drug-likeness (QED) is 0.574. The molecule has 3 aromatic rings. The Hall–Kier alpha value is -3.02. The molecule has 4 nitrogen and oxygen atoms in total. The number of nitrogens with zero attached hydrogens (tertiary/aromatic N) is 2. The standard InChI is InChI=1S/C16H12F2N4/c17-11-4-5-12(20)16(18)15(11)10-3-6-14-13(2-1-7-19)21-9-22(14)8-10/h1-9,19H,20H2/b2-1+,19-7?. The molecule has 3 rings (SSSR count). The number of nitrogens with two attached hydrogens (primary N) is 1. The normalized spacial score (nSPS) is 11.4. The van der Waals surface area contributed by atoms with Gasteiger partial charge in [-0.15, -0.1) is 0 Å². The van der Waals surface area contributed by atoms with Crippen LogP contribution in [0.5, 0.6) is 0 Å². The maximum Gasteiger partial charge on any atom is 0.156 e. The first-order valence-electron chi connectivity index (χ1n) is 6.49. The summed E-state index contributed by atoms with van der Waals surface area (Å²) < 4.78 is 29.7. The zero-order chi connectivity index (χ0) is 15.7. The first-order chi connectivity index (χ1) is 10.6. The fourth-order valence-corrected chi connectivity index (χ4v) is 2.27. The van der Waals surface area contributed by atoms with E-state index in [4.69, 9.17) is 11.1 Å². The van der Waals surface area contributed by atoms with Crippen molar-refractivity contribution in [3.05, 3.63) is 60.2 Å². The molecule has 0 atom stereocenters. The Balaban J connectivity index is 2.16. The van der Waals surface area contributed by atoms with E-state index in [0.29, 0.717) is 11.3 Å². The van der Waals surface area contributed by atoms with Gasteiger partial charge in [-0.3, -0.25) is 0 Å². The summed E-state index contributed by atoms with van der Waals surface area (Å²) in [5, 5.41) is 6.99. The SMILES string of the molecule is N=C/C=C/c1ncn2cc(-c3c(F)ccc(N)c3F)ccc12. The lowest BCUT2D eigenvalue weighted by Gasteiger charge is -2.08. The molecule has 0 unspecified atom stereocenters. The second-order valence-electron chi connectivity index (χ2n) is 4.69. The molecule has 0 aliphatic heterocycles. The third-order valence-corrected chi connectivity index (χ3v) is 3.32. The average Bonchev–Trinajstić information content (AvgIpc) is 2.92. The number of fused-ring (bicyclic) bond motifs is 1. The molecule has 0 saturated heterocycles. The van der Waals surface area contributed by atoms with Crippen molar-refractivity contribution in [3.63, 3.8) is 0 Å². The monoisotopic (exact) mass is 298 g/mol. The van der Waals surface area contributed by atoms with Crippen LogP contribution < -0.4 is 5.73 Å². The Morgan fingerprint density at radius 1 is 1.18 bits per heavy atom. The summed E-state index contributed by atoms with van der Waals surface area (Å²) in [7, 11) is 0. The van der Waals surface area contributed by atoms with Gasteiger partial charge >= 0.3 is 0 Å². The Morgan fingerprint density at radius 2 is 2.00 bits per heavy atom. The number of hydrogen-bond donors (Lipinski definition) is 2. The number of aromatic nitrogens is 2. The highest BCUT2D eigenvalue weighted by molar-refractivity contribution is 5.80. The number of rotatable bonds is 3. The third kappa shape index (κ3) is 2.24. The van der Waals surface area contributed by atoms with Crippen molar-refractivity contribution in [1.82, 2.24) is 9.38 Å². The minimum Gasteiger partial charge on any atom is -0.396 e. The van der Waals surface area contributed by atoms with Gasteiger partial charge in [-0.1, -0.05) is 6.07 Å². The van der Waals surface area contributed by atoms with E-state index >= 15 is 0 Å². The molecule has 110 valence electrons. The highest BCUT2D eigenvalue weighted by atomic mass is 19.1. The van der Waals surface area contributed by atoms with E-state index < -0.39 is 11.6 Å². The van der Waals surface area contributed by atoms with Gasteiger partial charge in [0.05, 0.1) is 28.8 Å². The van der Waals surface area contributed by atoms with Gasteiger partial charge in [-0.25, -0.2) is 13.8 Å². The molecule has 0 radical (unpaired) electrons. The molecule has 0 saturated carbocycles. The highest BCUT2D eigenvalue weighted by Crippen LogP contribution is 2.30. The van der Waals surface area contributed by atoms with Crippen LogP contribution in [0.15, 0.2) is 42.9 Å². The van der Waals surface area contributed by atoms with Crippen LogP contribution in [0.1, 0.15) is 5.69 Å². The molecule has 0 aliphatic carbocycles. The number of halogens is 2. The molecular formula is C16H12F2N4. The van der Waals surface area contributed by atoms with Gasteiger partial charge in [-0.05, 0) is 30.4 Å². The number of nitrogen functional groups attached to an aromatic ring is 1. The van der Waals surface area contributed by atoms with Crippen molar-refractivity contribution in [1.29, 1.82) is 5.41 Å². The number of allylic oxidation sites excluding steroid dienone is 1. The Morgan fingerprint density at radius 3 is 2.77 bits per heavy atom. The second-order valence-corrected chi connectivity index (χ2v) is 4.69. The van der Waals surface area contributed by atoms with Crippen molar-refractivity contribution in [2.75, 3.05) is 5.73 Å². The van der Waals surface area contributed by atoms with Crippen LogP contribution in [-0.2, 0) is 0 Å². The molecule has 0 amide bonds. The molecule has 0 aliphatic rings. The Bertz CT molecular complexity index is 897. The molecule has 6 heteroatoms. The van der Waals surface area contributed by atoms with Crippen LogP contribution in [0.25, 0.3) is 22.7 Å². The topological polar surface area (TPSA) is 67.2 Å². The van der Waals surface area contributed by atoms with E-state index in [0.717, 1.165) is 17.8 Å². The number of nitrogens with one attached hydrogen (secondary N) is 1. The minimum absolute atomic E-state index is 0.100. The summed E-state index contributed by atoms with van der Waals surface area (Å²) in [6.07, 6.45) is 7.52. The maximum absolute atomic E-state index is 14.1. The average molecular weight is 298 g/mol. The molecule has 0 bridgehead atoms. The first-order valence-corrected chi connectivity index (χ1v) is 6.49. The molecule has 0 spiro atoms. The van der Waals surface area contributed by atoms with Crippen molar-refractivity contribution in [2.24, 2.45) is 0 Å². The van der Waals surface area contributed by atoms with E-state index in [1.54, 1.807) is 41.2 Å². The Labute approximate surface area is 125 Å². The third-order valence-electron chi connectivity index (χ3n) is 3.32. The van der Waals surface area contributed by atoms with Crippen LogP contribution in [0, 0.1) is 17.0 Å². The zero-order valence-corrected chi connectivity index (χ0v) is 11.4. The van der Waals surface area contributed by atoms with Crippen LogP contribution in [0.2, 0.25) is 0 Å². The van der Waals surface area contributed by atoms with Gasteiger partial charge in [0, 0.05) is 18.0 Å². The van der Waals surface area contributed by atoms with Crippen LogP contribution in [0.4, 0.5) is 14.5 Å². The number of hydrogen-bond acceptors (Lipinski definition) is 3. The molecule has 2 heterocycles. The van der Waals surface area contributed by atoms with Crippen molar-refractivity contribution < 1.29 is 8.78 Å². The lowest BCUT2D eigenvalue weighted by molar-refractivity contribution is 0.592. The summed E-state index contributed by atoms with van der Waals surface area (Å²) in [6.45, 7) is 0. The molecule has 22 heavy (non-hydrogen) atoms. The fourth-order valence-electron chi connectivity index (χ4n) is 2.27. The maximum atomic E-state index is 14.1. The molecule has 2 aromatic heterocycles. The fraction of sp³-hybridized carbons (Fsp3) is 0. The van der Waals surface area contributed by atoms with Crippen LogP contribution in [-0.4, -0.2) is 15.6 Å². The summed E-state index contributed by atoms with van der Waals surface area (Å²) in [4.78, 5) is 4.19. The number of pyridine rings is 1. The van der Waals surface area contributed by atoms with Gasteiger partial charge < -0.3 is 15.5 Å². The number of benzene rings is 1. The zero-order valence-electron chi connectivity index (χ0n) is 11.4. The van der Waals surface area contributed by atoms with Gasteiger partial charge in [-0.2, -0.15) is 0 Å². The predicted octanol–water partition coefficient (Wildman–Crippen LogP) is 3.52. The number of imidazole rings is 1. The molecule has 0 fully saturated rings. The summed E-state index contributed by atoms with van der Waals surface area (Å²) >= 11 is 0. The molecular weight excluding hydrogens is 286 g/mol. The van der Waals surface area contributed by atoms with Gasteiger partial charge in [0.2, 0.25) is 0 Å². The molecule has 1 aromatic carbocycles. The summed E-state index contributed by atoms with van der Waals surface area (Å²) in [5.41, 5.74) is 7.06. The number of anilines is 1. The van der Waals surface area contributed by atoms with Gasteiger partial charge in [0.1, 0.15) is 5.82 Å². The first kappa shape index (κ1) is 13.9. The van der Waals surface area contributed by atoms with Crippen molar-refractivity contribution >= 4 is 23.5 Å². The largest absolute Gasteiger partial charge is 0.396 e. The van der Waals surface area contributed by atoms with Crippen molar-refractivity contribution in [3.8, 4) is 11.1 Å². The molecule has 3 N–H and O–H groups in total. The summed E-state index contributed by atoms with van der Waals surface area (Å²) in [5.74, 6) is -1.45. The minimum atomic E-state index is -0.775. The van der Waals surface area contributed by atoms with E-state index in [1.807, 2.05) is 0 Å². The highest BCUT2D eigenvalue weighted by Gasteiger charge is 2.15. The van der Waals surface area contributed by atoms with Crippen LogP contribution >= 0.6 is 0 Å². The van der Waals surface area contributed by atoms with E-state index in [2.05, 4.69) is 4.98 Å². The van der Waals surface area contributed by atoms with E-state index in [9.17, 15) is 8.78 Å². The van der Waals surface area contributed by atoms with Gasteiger partial charge in [0.15, 0.2) is 5.82 Å². The van der Waals surface area contributed by atoms with E-state index in [1.165, 1.54) is 6.07 Å². The van der Waals surface area contributed by atoms with Crippen LogP contribution in [0.3, 0.4) is 0 Å². The van der Waals surface area contributed by atoms with Crippen molar-refractivity contribution in [2.45, 2.75) is 0 Å². The smallest absolute Gasteiger partial charge is 0.156 e. The van der Waals surface area contributed by atoms with E-state index in [-0.39, 0.29) is 11.3 Å². The second kappa shape index (κ2) is 5.40. The van der Waals surface area contributed by atoms with Gasteiger partial charge in [0.25, 0.3) is 0 Å². The predicted molar refractivity (Wildman–Crippen MR) is 82.8 cm³/mol. The lowest BCUT2D eigenvalue weighted by Crippen LogP contribution is -1.97. The Kier molecular flexibility index (Phi) is 3.42.